The molecule has 0 saturated carbocycles. The van der Waals surface area contributed by atoms with Crippen LogP contribution in [0.15, 0.2) is 41.3 Å². The third-order valence-electron chi connectivity index (χ3n) is 2.59. The van der Waals surface area contributed by atoms with Gasteiger partial charge in [-0.05, 0) is 23.5 Å². The van der Waals surface area contributed by atoms with Crippen molar-refractivity contribution >= 4 is 12.6 Å². The molecule has 0 fully saturated rings. The van der Waals surface area contributed by atoms with Crippen LogP contribution in [0.4, 0.5) is 0 Å². The van der Waals surface area contributed by atoms with E-state index in [4.69, 9.17) is 10.0 Å². The lowest BCUT2D eigenvalue weighted by atomic mass is 9.80. The van der Waals surface area contributed by atoms with Crippen molar-refractivity contribution in [2.75, 3.05) is 0 Å². The molecule has 0 aliphatic rings. The lowest BCUT2D eigenvalue weighted by Crippen LogP contribution is -2.30. The molecule has 1 aromatic carbocycles. The van der Waals surface area contributed by atoms with Gasteiger partial charge in [0.05, 0.1) is 12.7 Å². The zero-order valence-electron chi connectivity index (χ0n) is 9.95. The van der Waals surface area contributed by atoms with Crippen molar-refractivity contribution in [3.05, 3.63) is 58.0 Å². The van der Waals surface area contributed by atoms with E-state index in [1.165, 1.54) is 10.7 Å². The van der Waals surface area contributed by atoms with Crippen LogP contribution in [0.5, 0.6) is 0 Å². The Bertz CT molecular complexity index is 610. The summed E-state index contributed by atoms with van der Waals surface area (Å²) in [6, 6.07) is 8.28. The number of benzene rings is 1. The van der Waals surface area contributed by atoms with Gasteiger partial charge in [0.25, 0.3) is 5.56 Å². The Balaban J connectivity index is 2.28. The monoisotopic (exact) mass is 244 g/mol. The molecule has 1 heterocycles. The Labute approximate surface area is 104 Å². The van der Waals surface area contributed by atoms with Gasteiger partial charge in [-0.1, -0.05) is 24.3 Å². The van der Waals surface area contributed by atoms with Gasteiger partial charge in [-0.25, -0.2) is 4.68 Å². The van der Waals surface area contributed by atoms with Crippen LogP contribution in [-0.2, 0) is 6.54 Å². The molecular formula is C12H13BN2O3. The molecule has 0 bridgehead atoms. The summed E-state index contributed by atoms with van der Waals surface area (Å²) in [7, 11) is -1.51. The predicted molar refractivity (Wildman–Crippen MR) is 68.6 cm³/mol. The minimum absolute atomic E-state index is 0.176. The molecule has 0 spiro atoms. The fourth-order valence-electron chi connectivity index (χ4n) is 1.67. The highest BCUT2D eigenvalue weighted by molar-refractivity contribution is 6.58. The first-order valence-electron chi connectivity index (χ1n) is 5.55. The molecule has 5 nitrogen and oxygen atoms in total. The van der Waals surface area contributed by atoms with E-state index in [2.05, 4.69) is 5.10 Å². The largest absolute Gasteiger partial charge is 0.488 e. The molecule has 0 unspecified atom stereocenters. The van der Waals surface area contributed by atoms with Gasteiger partial charge >= 0.3 is 7.12 Å². The molecule has 92 valence electrons. The lowest BCUT2D eigenvalue weighted by molar-refractivity contribution is 0.425. The first kappa shape index (κ1) is 12.5. The Kier molecular flexibility index (Phi) is 3.59. The Hall–Kier alpha value is -1.92. The number of hydrogen-bond donors (Lipinski definition) is 2. The molecule has 2 N–H and O–H groups in total. The summed E-state index contributed by atoms with van der Waals surface area (Å²) in [4.78, 5) is 11.7. The molecule has 6 heteroatoms. The molecule has 1 aromatic heterocycles. The lowest BCUT2D eigenvalue weighted by Gasteiger charge is -2.06. The zero-order valence-corrected chi connectivity index (χ0v) is 9.95. The summed E-state index contributed by atoms with van der Waals surface area (Å²) in [5.41, 5.74) is 1.83. The third kappa shape index (κ3) is 2.85. The van der Waals surface area contributed by atoms with Crippen LogP contribution in [0, 0.1) is 6.92 Å². The Morgan fingerprint density at radius 2 is 2.11 bits per heavy atom. The number of nitrogens with zero attached hydrogens (tertiary/aromatic N) is 2. The van der Waals surface area contributed by atoms with Crippen LogP contribution >= 0.6 is 0 Å². The molecule has 2 aromatic rings. The maximum Gasteiger partial charge on any atom is 0.488 e. The molecular weight excluding hydrogens is 231 g/mol. The van der Waals surface area contributed by atoms with Gasteiger partial charge in [0.2, 0.25) is 0 Å². The molecule has 2 rings (SSSR count). The summed E-state index contributed by atoms with van der Waals surface area (Å²) in [6.07, 6.45) is 1.62. The molecule has 0 aliphatic carbocycles. The smallest absolute Gasteiger partial charge is 0.423 e. The molecule has 0 atom stereocenters. The molecule has 0 aliphatic heterocycles. The minimum Gasteiger partial charge on any atom is -0.423 e. The van der Waals surface area contributed by atoms with Gasteiger partial charge in [-0.2, -0.15) is 5.10 Å². The van der Waals surface area contributed by atoms with Gasteiger partial charge < -0.3 is 10.0 Å². The van der Waals surface area contributed by atoms with Gasteiger partial charge in [-0.3, -0.25) is 4.79 Å². The van der Waals surface area contributed by atoms with Crippen molar-refractivity contribution < 1.29 is 10.0 Å². The third-order valence-corrected chi connectivity index (χ3v) is 2.59. The van der Waals surface area contributed by atoms with Crippen molar-refractivity contribution in [3.8, 4) is 0 Å². The zero-order chi connectivity index (χ0) is 13.1. The van der Waals surface area contributed by atoms with E-state index in [0.29, 0.717) is 12.0 Å². The quantitative estimate of drug-likeness (QED) is 0.698. The van der Waals surface area contributed by atoms with Crippen LogP contribution in [0.25, 0.3) is 0 Å². The highest BCUT2D eigenvalue weighted by atomic mass is 16.4. The van der Waals surface area contributed by atoms with E-state index in [0.717, 1.165) is 11.1 Å². The van der Waals surface area contributed by atoms with Crippen molar-refractivity contribution in [1.29, 1.82) is 0 Å². The average molecular weight is 244 g/mol. The molecule has 0 amide bonds. The SMILES string of the molecule is Cc1cnn(Cc2cccc(B(O)O)c2)c(=O)c1. The average Bonchev–Trinajstić information content (AvgIpc) is 2.33. The van der Waals surface area contributed by atoms with Crippen molar-refractivity contribution in [2.45, 2.75) is 13.5 Å². The second-order valence-electron chi connectivity index (χ2n) is 4.15. The maximum absolute atomic E-state index is 11.7. The number of aromatic nitrogens is 2. The fraction of sp³-hybridized carbons (Fsp3) is 0.167. The highest BCUT2D eigenvalue weighted by Crippen LogP contribution is 1.99. The number of aryl methyl sites for hydroxylation is 1. The Morgan fingerprint density at radius 1 is 1.33 bits per heavy atom. The maximum atomic E-state index is 11.7. The highest BCUT2D eigenvalue weighted by Gasteiger charge is 2.11. The van der Waals surface area contributed by atoms with Gasteiger partial charge in [0, 0.05) is 6.07 Å². The summed E-state index contributed by atoms with van der Waals surface area (Å²) < 4.78 is 1.33. The van der Waals surface area contributed by atoms with E-state index >= 15 is 0 Å². The summed E-state index contributed by atoms with van der Waals surface area (Å²) >= 11 is 0. The van der Waals surface area contributed by atoms with Gasteiger partial charge in [-0.15, -0.1) is 0 Å². The van der Waals surface area contributed by atoms with Crippen LogP contribution in [0.2, 0.25) is 0 Å². The first-order valence-corrected chi connectivity index (χ1v) is 5.55. The van der Waals surface area contributed by atoms with E-state index < -0.39 is 7.12 Å². The van der Waals surface area contributed by atoms with Crippen LogP contribution in [0.3, 0.4) is 0 Å². The van der Waals surface area contributed by atoms with Gasteiger partial charge in [0.15, 0.2) is 0 Å². The second kappa shape index (κ2) is 5.16. The normalized spacial score (nSPS) is 10.4. The van der Waals surface area contributed by atoms with Crippen LogP contribution in [-0.4, -0.2) is 26.9 Å². The second-order valence-corrected chi connectivity index (χ2v) is 4.15. The molecule has 18 heavy (non-hydrogen) atoms. The van der Waals surface area contributed by atoms with E-state index in [-0.39, 0.29) is 5.56 Å². The summed E-state index contributed by atoms with van der Waals surface area (Å²) in [6.45, 7) is 2.11. The standard InChI is InChI=1S/C12H13BN2O3/c1-9-5-12(16)15(14-7-9)8-10-3-2-4-11(6-10)13(17)18/h2-7,17-18H,8H2,1H3. The van der Waals surface area contributed by atoms with Crippen LogP contribution in [0.1, 0.15) is 11.1 Å². The van der Waals surface area contributed by atoms with E-state index in [1.54, 1.807) is 30.5 Å². The number of hydrogen-bond acceptors (Lipinski definition) is 4. The first-order chi connectivity index (χ1) is 8.56. The predicted octanol–water partition coefficient (Wildman–Crippen LogP) is -0.720. The fourth-order valence-corrected chi connectivity index (χ4v) is 1.67. The van der Waals surface area contributed by atoms with Crippen molar-refractivity contribution in [3.63, 3.8) is 0 Å². The Morgan fingerprint density at radius 3 is 2.78 bits per heavy atom. The summed E-state index contributed by atoms with van der Waals surface area (Å²) in [5, 5.41) is 22.2. The van der Waals surface area contributed by atoms with E-state index in [1.807, 2.05) is 6.92 Å². The molecule has 0 radical (unpaired) electrons. The van der Waals surface area contributed by atoms with Crippen molar-refractivity contribution in [2.24, 2.45) is 0 Å². The molecule has 0 saturated heterocycles. The minimum atomic E-state index is -1.51. The van der Waals surface area contributed by atoms with Crippen molar-refractivity contribution in [1.82, 2.24) is 9.78 Å². The summed E-state index contributed by atoms with van der Waals surface area (Å²) in [5.74, 6) is 0. The van der Waals surface area contributed by atoms with Crippen LogP contribution < -0.4 is 11.0 Å². The number of rotatable bonds is 3. The van der Waals surface area contributed by atoms with E-state index in [9.17, 15) is 4.79 Å². The van der Waals surface area contributed by atoms with Gasteiger partial charge in [0.1, 0.15) is 0 Å². The topological polar surface area (TPSA) is 75.3 Å².